The minimum absolute atomic E-state index is 0.0972. The van der Waals surface area contributed by atoms with E-state index in [1.165, 1.54) is 6.92 Å². The molecule has 1 aliphatic heterocycles. The molecule has 9 nitrogen and oxygen atoms in total. The summed E-state index contributed by atoms with van der Waals surface area (Å²) in [7, 11) is 1.77. The number of aryl methyl sites for hydroxylation is 2. The second-order valence-electron chi connectivity index (χ2n) is 7.23. The van der Waals surface area contributed by atoms with E-state index in [0.717, 1.165) is 10.6 Å². The molecule has 0 fully saturated rings. The quantitative estimate of drug-likeness (QED) is 0.569. The summed E-state index contributed by atoms with van der Waals surface area (Å²) >= 11 is 0. The van der Waals surface area contributed by atoms with Crippen molar-refractivity contribution in [2.75, 3.05) is 11.9 Å². The highest BCUT2D eigenvalue weighted by atomic mass is 16.5. The molecule has 1 aliphatic rings. The van der Waals surface area contributed by atoms with Crippen LogP contribution in [-0.4, -0.2) is 51.0 Å². The van der Waals surface area contributed by atoms with E-state index < -0.39 is 23.9 Å². The van der Waals surface area contributed by atoms with Crippen LogP contribution in [0.25, 0.3) is 0 Å². The van der Waals surface area contributed by atoms with Crippen LogP contribution in [0, 0.1) is 13.8 Å². The summed E-state index contributed by atoms with van der Waals surface area (Å²) in [6.07, 6.45) is -1.12. The molecular formula is C21H24N4O5. The topological polar surface area (TPSA) is 111 Å². The number of aromatic nitrogens is 2. The number of esters is 1. The van der Waals surface area contributed by atoms with E-state index in [9.17, 15) is 19.2 Å². The van der Waals surface area contributed by atoms with Crippen LogP contribution in [0.4, 0.5) is 5.69 Å². The van der Waals surface area contributed by atoms with Gasteiger partial charge in [-0.15, -0.1) is 0 Å². The van der Waals surface area contributed by atoms with Gasteiger partial charge >= 0.3 is 5.97 Å². The monoisotopic (exact) mass is 412 g/mol. The van der Waals surface area contributed by atoms with Crippen molar-refractivity contribution in [3.8, 4) is 0 Å². The van der Waals surface area contributed by atoms with E-state index in [1.54, 1.807) is 42.9 Å². The molecular weight excluding hydrogens is 388 g/mol. The second kappa shape index (κ2) is 8.48. The first-order valence-electron chi connectivity index (χ1n) is 9.62. The number of nitrogens with one attached hydrogen (secondary N) is 1. The van der Waals surface area contributed by atoms with E-state index >= 15 is 0 Å². The van der Waals surface area contributed by atoms with Gasteiger partial charge in [0.05, 0.1) is 29.9 Å². The first-order chi connectivity index (χ1) is 14.2. The van der Waals surface area contributed by atoms with Crippen molar-refractivity contribution in [2.45, 2.75) is 39.7 Å². The van der Waals surface area contributed by atoms with Crippen LogP contribution in [-0.2, 0) is 32.6 Å². The number of imide groups is 1. The summed E-state index contributed by atoms with van der Waals surface area (Å²) in [5.41, 5.74) is 3.15. The minimum atomic E-state index is -1.04. The van der Waals surface area contributed by atoms with Gasteiger partial charge in [-0.1, -0.05) is 18.2 Å². The number of ether oxygens (including phenoxy) is 1. The number of rotatable bonds is 6. The molecule has 158 valence electrons. The second-order valence-corrected chi connectivity index (χ2v) is 7.23. The van der Waals surface area contributed by atoms with Crippen LogP contribution in [0.3, 0.4) is 0 Å². The summed E-state index contributed by atoms with van der Waals surface area (Å²) in [4.78, 5) is 50.4. The smallest absolute Gasteiger partial charge is 0.308 e. The summed E-state index contributed by atoms with van der Waals surface area (Å²) in [6.45, 7) is 4.95. The fraction of sp³-hybridized carbons (Fsp3) is 0.381. The molecule has 0 saturated heterocycles. The molecule has 0 bridgehead atoms. The van der Waals surface area contributed by atoms with Gasteiger partial charge in [0.2, 0.25) is 5.91 Å². The standard InChI is InChI=1S/C21H24N4O5/c1-12-19(13(2)24(4)23-12)22-20(28)14(3)30-18(27)9-10-25-17(26)11-15-7-5-6-8-16(15)21(25)29/h5-8,14H,9-11H2,1-4H3,(H,22,28)/t14-/m1/s1. The summed E-state index contributed by atoms with van der Waals surface area (Å²) in [5.74, 6) is -1.94. The average Bonchev–Trinajstić information content (AvgIpc) is 2.93. The van der Waals surface area contributed by atoms with Gasteiger partial charge in [0.1, 0.15) is 0 Å². The number of anilines is 1. The van der Waals surface area contributed by atoms with Gasteiger partial charge in [-0.3, -0.25) is 28.8 Å². The van der Waals surface area contributed by atoms with E-state index in [2.05, 4.69) is 10.4 Å². The Morgan fingerprint density at radius 3 is 2.60 bits per heavy atom. The predicted molar refractivity (Wildman–Crippen MR) is 108 cm³/mol. The third-order valence-corrected chi connectivity index (χ3v) is 5.11. The van der Waals surface area contributed by atoms with E-state index in [1.807, 2.05) is 6.92 Å². The van der Waals surface area contributed by atoms with Gasteiger partial charge in [-0.05, 0) is 32.4 Å². The Hall–Kier alpha value is -3.49. The molecule has 0 aliphatic carbocycles. The highest BCUT2D eigenvalue weighted by Gasteiger charge is 2.31. The van der Waals surface area contributed by atoms with E-state index in [-0.39, 0.29) is 25.3 Å². The Morgan fingerprint density at radius 2 is 1.93 bits per heavy atom. The van der Waals surface area contributed by atoms with Gasteiger partial charge in [0, 0.05) is 19.2 Å². The molecule has 1 aromatic heterocycles. The minimum Gasteiger partial charge on any atom is -0.452 e. The zero-order valence-corrected chi connectivity index (χ0v) is 17.4. The summed E-state index contributed by atoms with van der Waals surface area (Å²) < 4.78 is 6.82. The lowest BCUT2D eigenvalue weighted by Gasteiger charge is -2.26. The largest absolute Gasteiger partial charge is 0.452 e. The maximum absolute atomic E-state index is 12.5. The van der Waals surface area contributed by atoms with Crippen LogP contribution in [0.1, 0.15) is 40.7 Å². The Balaban J connectivity index is 1.55. The van der Waals surface area contributed by atoms with Gasteiger partial charge < -0.3 is 10.1 Å². The number of hydrogen-bond donors (Lipinski definition) is 1. The van der Waals surface area contributed by atoms with Crippen molar-refractivity contribution in [1.29, 1.82) is 0 Å². The van der Waals surface area contributed by atoms with Gasteiger partial charge in [-0.2, -0.15) is 5.10 Å². The third-order valence-electron chi connectivity index (χ3n) is 5.11. The molecule has 3 rings (SSSR count). The summed E-state index contributed by atoms with van der Waals surface area (Å²) in [6, 6.07) is 6.89. The SMILES string of the molecule is Cc1nn(C)c(C)c1NC(=O)[C@@H](C)OC(=O)CCN1C(=O)Cc2ccccc2C1=O. The third kappa shape index (κ3) is 4.24. The molecule has 0 radical (unpaired) electrons. The van der Waals surface area contributed by atoms with Crippen molar-refractivity contribution < 1.29 is 23.9 Å². The molecule has 2 aromatic rings. The Labute approximate surface area is 174 Å². The fourth-order valence-electron chi connectivity index (χ4n) is 3.32. The normalized spacial score (nSPS) is 14.3. The number of carbonyl (C=O) groups is 4. The molecule has 1 atom stereocenters. The molecule has 9 heteroatoms. The number of nitrogens with zero attached hydrogens (tertiary/aromatic N) is 3. The number of carbonyl (C=O) groups excluding carboxylic acids is 4. The van der Waals surface area contributed by atoms with Crippen molar-refractivity contribution in [3.05, 3.63) is 46.8 Å². The van der Waals surface area contributed by atoms with E-state index in [0.29, 0.717) is 22.5 Å². The number of fused-ring (bicyclic) bond motifs is 1. The Bertz CT molecular complexity index is 1030. The lowest BCUT2D eigenvalue weighted by Crippen LogP contribution is -2.43. The average molecular weight is 412 g/mol. The maximum atomic E-state index is 12.5. The van der Waals surface area contributed by atoms with Crippen molar-refractivity contribution >= 4 is 29.4 Å². The Kier molecular flexibility index (Phi) is 6.00. The Morgan fingerprint density at radius 1 is 1.23 bits per heavy atom. The molecule has 0 unspecified atom stereocenters. The van der Waals surface area contributed by atoms with E-state index in [4.69, 9.17) is 4.74 Å². The van der Waals surface area contributed by atoms with Crippen LogP contribution in [0.15, 0.2) is 24.3 Å². The zero-order valence-electron chi connectivity index (χ0n) is 17.4. The zero-order chi connectivity index (χ0) is 22.0. The highest BCUT2D eigenvalue weighted by Crippen LogP contribution is 2.20. The lowest BCUT2D eigenvalue weighted by atomic mass is 9.98. The summed E-state index contributed by atoms with van der Waals surface area (Å²) in [5, 5.41) is 6.94. The van der Waals surface area contributed by atoms with Gasteiger partial charge in [0.15, 0.2) is 6.10 Å². The maximum Gasteiger partial charge on any atom is 0.308 e. The molecule has 0 saturated carbocycles. The van der Waals surface area contributed by atoms with Crippen LogP contribution in [0.2, 0.25) is 0 Å². The fourth-order valence-corrected chi connectivity index (χ4v) is 3.32. The number of benzene rings is 1. The molecule has 1 N–H and O–H groups in total. The van der Waals surface area contributed by atoms with Crippen LogP contribution >= 0.6 is 0 Å². The molecule has 30 heavy (non-hydrogen) atoms. The predicted octanol–water partition coefficient (Wildman–Crippen LogP) is 1.52. The number of hydrogen-bond acceptors (Lipinski definition) is 6. The lowest BCUT2D eigenvalue weighted by molar-refractivity contribution is -0.153. The van der Waals surface area contributed by atoms with Crippen molar-refractivity contribution in [1.82, 2.24) is 14.7 Å². The molecule has 3 amide bonds. The first kappa shape index (κ1) is 21.2. The van der Waals surface area contributed by atoms with Crippen LogP contribution < -0.4 is 5.32 Å². The molecule has 1 aromatic carbocycles. The number of amides is 3. The van der Waals surface area contributed by atoms with Crippen molar-refractivity contribution in [2.24, 2.45) is 7.05 Å². The van der Waals surface area contributed by atoms with Gasteiger partial charge in [0.25, 0.3) is 11.8 Å². The molecule has 2 heterocycles. The molecule has 0 spiro atoms. The highest BCUT2D eigenvalue weighted by molar-refractivity contribution is 6.09. The van der Waals surface area contributed by atoms with Crippen LogP contribution in [0.5, 0.6) is 0 Å². The first-order valence-corrected chi connectivity index (χ1v) is 9.62. The van der Waals surface area contributed by atoms with Gasteiger partial charge in [-0.25, -0.2) is 0 Å². The van der Waals surface area contributed by atoms with Crippen molar-refractivity contribution in [3.63, 3.8) is 0 Å².